The standard InChI is InChI=1S/C57H56N2O4S/c1-2-64-40-39-63-55(62)44-41-51(58-53(60)35-21-37-56(45-23-9-3-10-24-45,46-25-11-4-12-26-46)47-27-13-5-14-28-47)43-52(42-44)59-54(61)36-22-38-57(48-29-15-6-16-30-48,49-31-17-7-18-32-49)50-33-19-8-20-34-50/h3-20,23-34,41-43H,2,21-22,35-40H2,1H3,(H,58,60)(H,59,61). The van der Waals surface area contributed by atoms with Crippen molar-refractivity contribution in [3.05, 3.63) is 239 Å². The second-order valence-electron chi connectivity index (χ2n) is 15.9. The number of ether oxygens (including phenoxy) is 1. The van der Waals surface area contributed by atoms with Gasteiger partial charge >= 0.3 is 5.97 Å². The Morgan fingerprint density at radius 3 is 1.08 bits per heavy atom. The molecule has 0 aliphatic heterocycles. The zero-order valence-electron chi connectivity index (χ0n) is 36.5. The number of thioether (sulfide) groups is 1. The third kappa shape index (κ3) is 11.1. The summed E-state index contributed by atoms with van der Waals surface area (Å²) in [6, 6.07) is 67.8. The van der Waals surface area contributed by atoms with E-state index in [0.29, 0.717) is 42.8 Å². The van der Waals surface area contributed by atoms with Gasteiger partial charge in [0.25, 0.3) is 0 Å². The van der Waals surface area contributed by atoms with Gasteiger partial charge in [0.15, 0.2) is 0 Å². The first kappa shape index (κ1) is 45.3. The SMILES string of the molecule is CCSCCOC(=O)c1cc(NC(=O)CCCC(c2ccccc2)(c2ccccc2)c2ccccc2)cc(NC(=O)CCCC(c2ccccc2)(c2ccccc2)c2ccccc2)c1. The Bertz CT molecular complexity index is 2180. The number of carbonyl (C=O) groups is 3. The summed E-state index contributed by atoms with van der Waals surface area (Å²) >= 11 is 1.69. The van der Waals surface area contributed by atoms with Crippen LogP contribution in [0.4, 0.5) is 11.4 Å². The summed E-state index contributed by atoms with van der Waals surface area (Å²) in [4.78, 5) is 41.1. The summed E-state index contributed by atoms with van der Waals surface area (Å²) < 4.78 is 5.62. The maximum absolute atomic E-state index is 13.8. The van der Waals surface area contributed by atoms with Crippen LogP contribution in [0.25, 0.3) is 0 Å². The smallest absolute Gasteiger partial charge is 0.338 e. The highest BCUT2D eigenvalue weighted by atomic mass is 32.2. The normalized spacial score (nSPS) is 11.4. The molecule has 0 radical (unpaired) electrons. The van der Waals surface area contributed by atoms with Gasteiger partial charge in [-0.2, -0.15) is 11.8 Å². The molecule has 0 aromatic heterocycles. The van der Waals surface area contributed by atoms with Crippen molar-refractivity contribution in [2.45, 2.75) is 56.3 Å². The van der Waals surface area contributed by atoms with Crippen LogP contribution in [0.3, 0.4) is 0 Å². The molecule has 324 valence electrons. The molecule has 0 atom stereocenters. The van der Waals surface area contributed by atoms with Gasteiger partial charge in [-0.15, -0.1) is 0 Å². The number of rotatable bonds is 21. The number of anilines is 2. The fourth-order valence-electron chi connectivity index (χ4n) is 8.99. The second-order valence-corrected chi connectivity index (χ2v) is 17.3. The van der Waals surface area contributed by atoms with Crippen molar-refractivity contribution in [1.29, 1.82) is 0 Å². The van der Waals surface area contributed by atoms with Crippen molar-refractivity contribution in [2.75, 3.05) is 28.7 Å². The molecular weight excluding hydrogens is 809 g/mol. The van der Waals surface area contributed by atoms with E-state index in [0.717, 1.165) is 39.1 Å². The van der Waals surface area contributed by atoms with Crippen LogP contribution in [0, 0.1) is 0 Å². The summed E-state index contributed by atoms with van der Waals surface area (Å²) in [5.74, 6) is 0.699. The number of amides is 2. The minimum Gasteiger partial charge on any atom is -0.461 e. The molecule has 64 heavy (non-hydrogen) atoms. The molecule has 7 rings (SSSR count). The summed E-state index contributed by atoms with van der Waals surface area (Å²) in [5, 5.41) is 6.10. The molecule has 0 heterocycles. The number of hydrogen-bond donors (Lipinski definition) is 2. The summed E-state index contributed by atoms with van der Waals surface area (Å²) in [7, 11) is 0. The lowest BCUT2D eigenvalue weighted by molar-refractivity contribution is -0.117. The molecule has 0 spiro atoms. The maximum Gasteiger partial charge on any atom is 0.338 e. The van der Waals surface area contributed by atoms with Gasteiger partial charge < -0.3 is 15.4 Å². The Balaban J connectivity index is 1.09. The van der Waals surface area contributed by atoms with Crippen LogP contribution < -0.4 is 10.6 Å². The van der Waals surface area contributed by atoms with E-state index in [-0.39, 0.29) is 36.8 Å². The lowest BCUT2D eigenvalue weighted by atomic mass is 9.66. The maximum atomic E-state index is 13.8. The molecule has 7 heteroatoms. The van der Waals surface area contributed by atoms with E-state index in [4.69, 9.17) is 4.74 Å². The molecule has 0 aliphatic carbocycles. The molecule has 0 saturated heterocycles. The highest BCUT2D eigenvalue weighted by Crippen LogP contribution is 2.45. The monoisotopic (exact) mass is 864 g/mol. The Morgan fingerprint density at radius 1 is 0.469 bits per heavy atom. The van der Waals surface area contributed by atoms with Crippen molar-refractivity contribution in [3.63, 3.8) is 0 Å². The van der Waals surface area contributed by atoms with Gasteiger partial charge in [-0.1, -0.05) is 189 Å². The van der Waals surface area contributed by atoms with E-state index >= 15 is 0 Å². The molecule has 0 unspecified atom stereocenters. The molecule has 7 aromatic carbocycles. The minimum atomic E-state index is -0.514. The lowest BCUT2D eigenvalue weighted by Gasteiger charge is -2.36. The average Bonchev–Trinajstić information content (AvgIpc) is 3.35. The molecule has 7 aromatic rings. The Kier molecular flexibility index (Phi) is 16.0. The van der Waals surface area contributed by atoms with Gasteiger partial charge in [0.05, 0.1) is 5.56 Å². The fraction of sp³-hybridized carbons (Fsp3) is 0.211. The number of nitrogens with one attached hydrogen (secondary N) is 2. The zero-order valence-corrected chi connectivity index (χ0v) is 37.3. The number of carbonyl (C=O) groups excluding carboxylic acids is 3. The van der Waals surface area contributed by atoms with Crippen LogP contribution in [-0.4, -0.2) is 35.9 Å². The van der Waals surface area contributed by atoms with Crippen LogP contribution in [-0.2, 0) is 25.2 Å². The minimum absolute atomic E-state index is 0.190. The predicted molar refractivity (Wildman–Crippen MR) is 263 cm³/mol. The molecule has 6 nitrogen and oxygen atoms in total. The highest BCUT2D eigenvalue weighted by molar-refractivity contribution is 7.99. The third-order valence-electron chi connectivity index (χ3n) is 11.9. The van der Waals surface area contributed by atoms with Crippen molar-refractivity contribution < 1.29 is 19.1 Å². The first-order valence-corrected chi connectivity index (χ1v) is 23.4. The third-order valence-corrected chi connectivity index (χ3v) is 12.8. The predicted octanol–water partition coefficient (Wildman–Crippen LogP) is 12.9. The van der Waals surface area contributed by atoms with Gasteiger partial charge in [-0.05, 0) is 83.0 Å². The van der Waals surface area contributed by atoms with Crippen LogP contribution in [0.2, 0.25) is 0 Å². The van der Waals surface area contributed by atoms with E-state index in [2.05, 4.69) is 163 Å². The molecule has 0 saturated carbocycles. The van der Waals surface area contributed by atoms with Gasteiger partial charge in [-0.3, -0.25) is 9.59 Å². The average molecular weight is 865 g/mol. The van der Waals surface area contributed by atoms with E-state index in [1.54, 1.807) is 30.0 Å². The highest BCUT2D eigenvalue weighted by Gasteiger charge is 2.37. The molecular formula is C57H56N2O4S. The number of hydrogen-bond acceptors (Lipinski definition) is 5. The van der Waals surface area contributed by atoms with E-state index in [1.807, 2.05) is 36.4 Å². The van der Waals surface area contributed by atoms with Crippen molar-refractivity contribution in [1.82, 2.24) is 0 Å². The number of benzene rings is 7. The molecule has 2 N–H and O–H groups in total. The summed E-state index contributed by atoms with van der Waals surface area (Å²) in [6.07, 6.45) is 3.02. The topological polar surface area (TPSA) is 84.5 Å². The lowest BCUT2D eigenvalue weighted by Crippen LogP contribution is -2.30. The fourth-order valence-corrected chi connectivity index (χ4v) is 9.48. The molecule has 0 bridgehead atoms. The Morgan fingerprint density at radius 2 is 0.781 bits per heavy atom. The van der Waals surface area contributed by atoms with Gasteiger partial charge in [0, 0.05) is 40.8 Å². The number of esters is 1. The van der Waals surface area contributed by atoms with Crippen molar-refractivity contribution in [3.8, 4) is 0 Å². The van der Waals surface area contributed by atoms with E-state index < -0.39 is 16.8 Å². The first-order chi connectivity index (χ1) is 31.4. The van der Waals surface area contributed by atoms with Gasteiger partial charge in [-0.25, -0.2) is 4.79 Å². The van der Waals surface area contributed by atoms with Crippen molar-refractivity contribution in [2.24, 2.45) is 0 Å². The van der Waals surface area contributed by atoms with Gasteiger partial charge in [0.2, 0.25) is 11.8 Å². The molecule has 0 aliphatic rings. The van der Waals surface area contributed by atoms with Crippen molar-refractivity contribution >= 4 is 40.9 Å². The molecule has 2 amide bonds. The zero-order chi connectivity index (χ0) is 44.5. The van der Waals surface area contributed by atoms with Crippen LogP contribution in [0.5, 0.6) is 0 Å². The quantitative estimate of drug-likeness (QED) is 0.0427. The van der Waals surface area contributed by atoms with Crippen LogP contribution in [0.15, 0.2) is 200 Å². The van der Waals surface area contributed by atoms with Crippen LogP contribution in [0.1, 0.15) is 89.2 Å². The second kappa shape index (κ2) is 22.6. The summed E-state index contributed by atoms with van der Waals surface area (Å²) in [6.45, 7) is 2.32. The van der Waals surface area contributed by atoms with Gasteiger partial charge in [0.1, 0.15) is 6.61 Å². The van der Waals surface area contributed by atoms with E-state index in [1.165, 1.54) is 0 Å². The first-order valence-electron chi connectivity index (χ1n) is 22.2. The van der Waals surface area contributed by atoms with E-state index in [9.17, 15) is 14.4 Å². The largest absolute Gasteiger partial charge is 0.461 e. The Labute approximate surface area is 382 Å². The van der Waals surface area contributed by atoms with Crippen LogP contribution >= 0.6 is 11.8 Å². The molecule has 0 fully saturated rings. The Hall–Kier alpha value is -6.70. The summed E-state index contributed by atoms with van der Waals surface area (Å²) in [5.41, 5.74) is 7.04.